The largest absolute Gasteiger partial charge is 0.329 e. The van der Waals surface area contributed by atoms with Gasteiger partial charge in [0.2, 0.25) is 0 Å². The summed E-state index contributed by atoms with van der Waals surface area (Å²) in [7, 11) is 0. The van der Waals surface area contributed by atoms with Gasteiger partial charge in [-0.15, -0.1) is 12.4 Å². The van der Waals surface area contributed by atoms with Gasteiger partial charge >= 0.3 is 0 Å². The molecule has 1 aromatic heterocycles. The Morgan fingerprint density at radius 3 is 2.78 bits per heavy atom. The maximum atomic E-state index is 13.2. The molecule has 1 aliphatic carbocycles. The summed E-state index contributed by atoms with van der Waals surface area (Å²) < 4.78 is 0. The van der Waals surface area contributed by atoms with Gasteiger partial charge in [-0.1, -0.05) is 29.8 Å². The summed E-state index contributed by atoms with van der Waals surface area (Å²) in [5, 5.41) is 3.96. The Labute approximate surface area is 169 Å². The Morgan fingerprint density at radius 1 is 1.19 bits per heavy atom. The Hall–Kier alpha value is -1.82. The minimum Gasteiger partial charge on any atom is -0.329 e. The van der Waals surface area contributed by atoms with Gasteiger partial charge in [0.1, 0.15) is 5.56 Å². The molecule has 1 fully saturated rings. The average molecular weight is 408 g/mol. The van der Waals surface area contributed by atoms with Gasteiger partial charge in [0.05, 0.1) is 6.04 Å². The van der Waals surface area contributed by atoms with Crippen molar-refractivity contribution in [1.82, 2.24) is 15.2 Å². The lowest BCUT2D eigenvalue weighted by molar-refractivity contribution is 0.0632. The van der Waals surface area contributed by atoms with E-state index in [2.05, 4.69) is 10.3 Å². The van der Waals surface area contributed by atoms with E-state index in [4.69, 9.17) is 11.6 Å². The minimum atomic E-state index is -0.285. The number of aromatic amines is 1. The van der Waals surface area contributed by atoms with Crippen molar-refractivity contribution in [3.8, 4) is 0 Å². The van der Waals surface area contributed by atoms with Crippen molar-refractivity contribution in [3.05, 3.63) is 68.1 Å². The number of halogens is 2. The number of aromatic nitrogens is 1. The molecular weight excluding hydrogens is 385 g/mol. The SMILES string of the molecule is Cl.O=C(c1cc2c([nH]c1=O)CCCC2)N1CCNCC1c1ccccc1Cl. The van der Waals surface area contributed by atoms with E-state index in [1.807, 2.05) is 24.3 Å². The second-order valence-corrected chi connectivity index (χ2v) is 7.37. The van der Waals surface area contributed by atoms with E-state index in [9.17, 15) is 9.59 Å². The number of pyridine rings is 1. The normalized spacial score (nSPS) is 19.1. The number of carbonyl (C=O) groups excluding carboxylic acids is 1. The van der Waals surface area contributed by atoms with Crippen molar-refractivity contribution in [1.29, 1.82) is 0 Å². The number of hydrogen-bond donors (Lipinski definition) is 2. The van der Waals surface area contributed by atoms with Gasteiger partial charge in [0.25, 0.3) is 11.5 Å². The van der Waals surface area contributed by atoms with Crippen molar-refractivity contribution in [3.63, 3.8) is 0 Å². The van der Waals surface area contributed by atoms with Crippen LogP contribution in [0.1, 0.15) is 46.1 Å². The highest BCUT2D eigenvalue weighted by atomic mass is 35.5. The third-order valence-corrected chi connectivity index (χ3v) is 5.68. The van der Waals surface area contributed by atoms with Crippen LogP contribution in [0.25, 0.3) is 0 Å². The van der Waals surface area contributed by atoms with Crippen LogP contribution in [0.2, 0.25) is 5.02 Å². The van der Waals surface area contributed by atoms with E-state index < -0.39 is 0 Å². The molecule has 1 unspecified atom stereocenters. The zero-order valence-electron chi connectivity index (χ0n) is 15.0. The highest BCUT2D eigenvalue weighted by molar-refractivity contribution is 6.31. The molecule has 2 heterocycles. The number of nitrogens with zero attached hydrogens (tertiary/aromatic N) is 1. The molecule has 1 aliphatic heterocycles. The Kier molecular flexibility index (Phi) is 6.25. The number of hydrogen-bond acceptors (Lipinski definition) is 3. The van der Waals surface area contributed by atoms with E-state index in [0.29, 0.717) is 24.7 Å². The molecule has 5 nitrogen and oxygen atoms in total. The molecule has 7 heteroatoms. The Bertz CT molecular complexity index is 897. The molecule has 2 aromatic rings. The molecule has 0 radical (unpaired) electrons. The van der Waals surface area contributed by atoms with Crippen LogP contribution in [0.3, 0.4) is 0 Å². The number of benzene rings is 1. The monoisotopic (exact) mass is 407 g/mol. The molecular formula is C20H23Cl2N3O2. The first-order valence-corrected chi connectivity index (χ1v) is 9.54. The van der Waals surface area contributed by atoms with Crippen molar-refractivity contribution < 1.29 is 4.79 Å². The zero-order valence-corrected chi connectivity index (χ0v) is 16.5. The van der Waals surface area contributed by atoms with Crippen molar-refractivity contribution >= 4 is 29.9 Å². The number of aryl methyl sites for hydroxylation is 2. The van der Waals surface area contributed by atoms with Crippen LogP contribution in [0.4, 0.5) is 0 Å². The number of H-pyrrole nitrogens is 1. The van der Waals surface area contributed by atoms with E-state index in [1.165, 1.54) is 0 Å². The predicted molar refractivity (Wildman–Crippen MR) is 109 cm³/mol. The van der Waals surface area contributed by atoms with Crippen LogP contribution in [0.15, 0.2) is 35.1 Å². The summed E-state index contributed by atoms with van der Waals surface area (Å²) in [4.78, 5) is 30.5. The highest BCUT2D eigenvalue weighted by Crippen LogP contribution is 2.29. The lowest BCUT2D eigenvalue weighted by atomic mass is 9.94. The fourth-order valence-electron chi connectivity index (χ4n) is 3.96. The maximum Gasteiger partial charge on any atom is 0.261 e. The van der Waals surface area contributed by atoms with Gasteiger partial charge in [0.15, 0.2) is 0 Å². The molecule has 0 saturated carbocycles. The van der Waals surface area contributed by atoms with Crippen molar-refractivity contribution in [2.24, 2.45) is 0 Å². The summed E-state index contributed by atoms with van der Waals surface area (Å²) in [5.41, 5.74) is 2.95. The number of rotatable bonds is 2. The van der Waals surface area contributed by atoms with E-state index >= 15 is 0 Å². The van der Waals surface area contributed by atoms with Gasteiger partial charge in [-0.2, -0.15) is 0 Å². The van der Waals surface area contributed by atoms with Crippen LogP contribution in [-0.2, 0) is 12.8 Å². The fourth-order valence-corrected chi connectivity index (χ4v) is 4.22. The van der Waals surface area contributed by atoms with Crippen LogP contribution >= 0.6 is 24.0 Å². The van der Waals surface area contributed by atoms with E-state index in [0.717, 1.165) is 42.5 Å². The van der Waals surface area contributed by atoms with Gasteiger partial charge < -0.3 is 15.2 Å². The summed E-state index contributed by atoms with van der Waals surface area (Å²) >= 11 is 6.37. The molecule has 144 valence electrons. The topological polar surface area (TPSA) is 65.2 Å². The number of amides is 1. The molecule has 2 aliphatic rings. The molecule has 0 bridgehead atoms. The van der Waals surface area contributed by atoms with Crippen molar-refractivity contribution in [2.45, 2.75) is 31.7 Å². The van der Waals surface area contributed by atoms with Gasteiger partial charge in [-0.3, -0.25) is 9.59 Å². The molecule has 1 atom stereocenters. The van der Waals surface area contributed by atoms with Gasteiger partial charge in [-0.25, -0.2) is 0 Å². The second kappa shape index (κ2) is 8.46. The first-order chi connectivity index (χ1) is 12.6. The lowest BCUT2D eigenvalue weighted by Gasteiger charge is -2.37. The second-order valence-electron chi connectivity index (χ2n) is 6.96. The predicted octanol–water partition coefficient (Wildman–Crippen LogP) is 3.12. The highest BCUT2D eigenvalue weighted by Gasteiger charge is 2.31. The van der Waals surface area contributed by atoms with Crippen LogP contribution in [-0.4, -0.2) is 35.4 Å². The summed E-state index contributed by atoms with van der Waals surface area (Å²) in [5.74, 6) is -0.217. The quantitative estimate of drug-likeness (QED) is 0.803. The van der Waals surface area contributed by atoms with E-state index in [-0.39, 0.29) is 35.5 Å². The summed E-state index contributed by atoms with van der Waals surface area (Å²) in [6.07, 6.45) is 3.99. The molecule has 0 spiro atoms. The number of nitrogens with one attached hydrogen (secondary N) is 2. The Morgan fingerprint density at radius 2 is 1.96 bits per heavy atom. The third kappa shape index (κ3) is 3.91. The average Bonchev–Trinajstić information content (AvgIpc) is 2.67. The zero-order chi connectivity index (χ0) is 18.1. The van der Waals surface area contributed by atoms with Gasteiger partial charge in [0, 0.05) is 30.4 Å². The van der Waals surface area contributed by atoms with Gasteiger partial charge in [-0.05, 0) is 48.9 Å². The number of fused-ring (bicyclic) bond motifs is 1. The number of piperazine rings is 1. The molecule has 1 aromatic carbocycles. The first-order valence-electron chi connectivity index (χ1n) is 9.16. The first kappa shape index (κ1) is 19.9. The lowest BCUT2D eigenvalue weighted by Crippen LogP contribution is -2.49. The summed E-state index contributed by atoms with van der Waals surface area (Å²) in [6, 6.07) is 9.20. The molecule has 27 heavy (non-hydrogen) atoms. The molecule has 1 amide bonds. The minimum absolute atomic E-state index is 0. The van der Waals surface area contributed by atoms with Crippen LogP contribution in [0, 0.1) is 0 Å². The smallest absolute Gasteiger partial charge is 0.261 e. The Balaban J connectivity index is 0.00000210. The third-order valence-electron chi connectivity index (χ3n) is 5.34. The molecule has 2 N–H and O–H groups in total. The molecule has 4 rings (SSSR count). The fraction of sp³-hybridized carbons (Fsp3) is 0.400. The van der Waals surface area contributed by atoms with Crippen molar-refractivity contribution in [2.75, 3.05) is 19.6 Å². The summed E-state index contributed by atoms with van der Waals surface area (Å²) in [6.45, 7) is 1.87. The van der Waals surface area contributed by atoms with Crippen LogP contribution in [0.5, 0.6) is 0 Å². The van der Waals surface area contributed by atoms with Crippen LogP contribution < -0.4 is 10.9 Å². The maximum absolute atomic E-state index is 13.2. The molecule has 1 saturated heterocycles. The standard InChI is InChI=1S/C20H22ClN3O2.ClH/c21-16-7-3-2-6-14(16)18-12-22-9-10-24(18)20(26)15-11-13-5-1-4-8-17(13)23-19(15)25;/h2-3,6-7,11,18,22H,1,4-5,8-10,12H2,(H,23,25);1H. The number of carbonyl (C=O) groups is 1. The van der Waals surface area contributed by atoms with E-state index in [1.54, 1.807) is 11.0 Å².